The van der Waals surface area contributed by atoms with Crippen molar-refractivity contribution >= 4 is 11.9 Å². The molecule has 0 N–H and O–H groups in total. The SMILES string of the molecule is COC(=O)CCCCCCC/C=C\CCCCCCCCOCCC(CN(C)C)OCCCCCCCC/C=C\CCCCCCCC(=O)OC. The zero-order valence-corrected chi connectivity index (χ0v) is 34.1. The first-order chi connectivity index (χ1) is 25.0. The van der Waals surface area contributed by atoms with Crippen molar-refractivity contribution in [3.8, 4) is 0 Å². The third kappa shape index (κ3) is 40.9. The van der Waals surface area contributed by atoms with Crippen molar-refractivity contribution < 1.29 is 28.5 Å². The Morgan fingerprint density at radius 1 is 0.471 bits per heavy atom. The Morgan fingerprint density at radius 3 is 1.22 bits per heavy atom. The van der Waals surface area contributed by atoms with Crippen molar-refractivity contribution in [2.45, 2.75) is 192 Å². The molecule has 0 bridgehead atoms. The average molecular weight is 722 g/mol. The van der Waals surface area contributed by atoms with Crippen LogP contribution in [-0.4, -0.2) is 77.6 Å². The van der Waals surface area contributed by atoms with Crippen LogP contribution in [0.1, 0.15) is 186 Å². The molecule has 0 aliphatic carbocycles. The van der Waals surface area contributed by atoms with Gasteiger partial charge in [0.2, 0.25) is 0 Å². The summed E-state index contributed by atoms with van der Waals surface area (Å²) in [6, 6.07) is 0. The third-order valence-electron chi connectivity index (χ3n) is 9.47. The molecule has 0 saturated heterocycles. The highest BCUT2D eigenvalue weighted by Gasteiger charge is 2.10. The van der Waals surface area contributed by atoms with Crippen LogP contribution in [0.15, 0.2) is 24.3 Å². The number of unbranched alkanes of at least 4 members (excludes halogenated alkanes) is 22. The lowest BCUT2D eigenvalue weighted by molar-refractivity contribution is -0.141. The van der Waals surface area contributed by atoms with Crippen LogP contribution in [0.5, 0.6) is 0 Å². The number of ether oxygens (including phenoxy) is 4. The van der Waals surface area contributed by atoms with E-state index >= 15 is 0 Å². The molecule has 0 saturated carbocycles. The molecular weight excluding hydrogens is 638 g/mol. The summed E-state index contributed by atoms with van der Waals surface area (Å²) in [6.45, 7) is 3.50. The minimum atomic E-state index is -0.0855. The lowest BCUT2D eigenvalue weighted by atomic mass is 10.1. The number of rotatable bonds is 40. The zero-order valence-electron chi connectivity index (χ0n) is 34.1. The predicted molar refractivity (Wildman–Crippen MR) is 215 cm³/mol. The van der Waals surface area contributed by atoms with Crippen LogP contribution >= 0.6 is 0 Å². The van der Waals surface area contributed by atoms with E-state index in [-0.39, 0.29) is 18.0 Å². The van der Waals surface area contributed by atoms with Crippen LogP contribution in [0.2, 0.25) is 0 Å². The first kappa shape index (κ1) is 49.3. The van der Waals surface area contributed by atoms with E-state index in [0.717, 1.165) is 64.9 Å². The van der Waals surface area contributed by atoms with E-state index in [9.17, 15) is 9.59 Å². The molecule has 0 spiro atoms. The predicted octanol–water partition coefficient (Wildman–Crippen LogP) is 11.7. The van der Waals surface area contributed by atoms with Crippen molar-refractivity contribution in [3.63, 3.8) is 0 Å². The second-order valence-corrected chi connectivity index (χ2v) is 14.7. The molecule has 0 rings (SSSR count). The van der Waals surface area contributed by atoms with Crippen molar-refractivity contribution in [1.82, 2.24) is 4.90 Å². The molecule has 0 radical (unpaired) electrons. The fourth-order valence-corrected chi connectivity index (χ4v) is 6.25. The Labute approximate surface area is 316 Å². The second-order valence-electron chi connectivity index (χ2n) is 14.7. The topological polar surface area (TPSA) is 74.3 Å². The molecular formula is C44H83NO6. The largest absolute Gasteiger partial charge is 0.469 e. The van der Waals surface area contributed by atoms with Gasteiger partial charge in [-0.1, -0.05) is 114 Å². The number of hydrogen-bond acceptors (Lipinski definition) is 7. The summed E-state index contributed by atoms with van der Waals surface area (Å²) in [5, 5.41) is 0. The molecule has 300 valence electrons. The number of nitrogens with zero attached hydrogens (tertiary/aromatic N) is 1. The highest BCUT2D eigenvalue weighted by molar-refractivity contribution is 5.69. The van der Waals surface area contributed by atoms with Gasteiger partial charge in [-0.05, 0) is 97.6 Å². The molecule has 0 aliphatic heterocycles. The standard InChI is InChI=1S/C44H83NO6/c1-45(2)41-42(51-39-34-30-26-22-18-14-10-6-8-12-16-20-24-28-32-36-44(47)49-4)37-40-50-38-33-29-25-21-17-13-9-5-7-11-15-19-23-27-31-35-43(46)48-3/h5-8,42H,9-41H2,1-4H3/b7-5-,8-6-. The number of carbonyl (C=O) groups excluding carboxylic acids is 2. The van der Waals surface area contributed by atoms with E-state index in [4.69, 9.17) is 9.47 Å². The minimum absolute atomic E-state index is 0.0853. The van der Waals surface area contributed by atoms with Crippen molar-refractivity contribution in [1.29, 1.82) is 0 Å². The zero-order chi connectivity index (χ0) is 37.3. The number of likely N-dealkylation sites (N-methyl/N-ethyl adjacent to an activating group) is 1. The van der Waals surface area contributed by atoms with Gasteiger partial charge in [0.15, 0.2) is 0 Å². The van der Waals surface area contributed by atoms with E-state index in [1.54, 1.807) is 0 Å². The summed E-state index contributed by atoms with van der Waals surface area (Å²) in [5.41, 5.74) is 0. The van der Waals surface area contributed by atoms with E-state index < -0.39 is 0 Å². The smallest absolute Gasteiger partial charge is 0.305 e. The van der Waals surface area contributed by atoms with Gasteiger partial charge in [0.05, 0.1) is 20.3 Å². The first-order valence-corrected chi connectivity index (χ1v) is 21.3. The van der Waals surface area contributed by atoms with Gasteiger partial charge in [-0.15, -0.1) is 0 Å². The highest BCUT2D eigenvalue weighted by atomic mass is 16.5. The first-order valence-electron chi connectivity index (χ1n) is 21.3. The molecule has 0 amide bonds. The Bertz CT molecular complexity index is 798. The normalized spacial score (nSPS) is 12.4. The highest BCUT2D eigenvalue weighted by Crippen LogP contribution is 2.13. The lowest BCUT2D eigenvalue weighted by Gasteiger charge is -2.21. The molecule has 0 heterocycles. The minimum Gasteiger partial charge on any atom is -0.469 e. The van der Waals surface area contributed by atoms with E-state index in [1.807, 2.05) is 0 Å². The quantitative estimate of drug-likeness (QED) is 0.0354. The monoisotopic (exact) mass is 722 g/mol. The van der Waals surface area contributed by atoms with E-state index in [2.05, 4.69) is 52.8 Å². The number of allylic oxidation sites excluding steroid dienone is 4. The van der Waals surface area contributed by atoms with Crippen LogP contribution in [-0.2, 0) is 28.5 Å². The molecule has 0 aromatic heterocycles. The molecule has 1 unspecified atom stereocenters. The Hall–Kier alpha value is -1.70. The van der Waals surface area contributed by atoms with E-state index in [1.165, 1.54) is 149 Å². The third-order valence-corrected chi connectivity index (χ3v) is 9.47. The molecule has 1 atom stereocenters. The summed E-state index contributed by atoms with van der Waals surface area (Å²) in [7, 11) is 7.18. The van der Waals surface area contributed by atoms with Gasteiger partial charge in [-0.25, -0.2) is 0 Å². The van der Waals surface area contributed by atoms with Gasteiger partial charge in [-0.3, -0.25) is 9.59 Å². The van der Waals surface area contributed by atoms with Crippen LogP contribution in [0.4, 0.5) is 0 Å². The number of hydrogen-bond donors (Lipinski definition) is 0. The van der Waals surface area contributed by atoms with Crippen LogP contribution in [0.3, 0.4) is 0 Å². The van der Waals surface area contributed by atoms with Gasteiger partial charge < -0.3 is 23.8 Å². The van der Waals surface area contributed by atoms with Crippen molar-refractivity contribution in [2.75, 3.05) is 54.7 Å². The van der Waals surface area contributed by atoms with Crippen LogP contribution in [0.25, 0.3) is 0 Å². The fourth-order valence-electron chi connectivity index (χ4n) is 6.25. The lowest BCUT2D eigenvalue weighted by Crippen LogP contribution is -2.30. The Balaban J connectivity index is 3.52. The molecule has 0 aromatic carbocycles. The van der Waals surface area contributed by atoms with Crippen LogP contribution in [0, 0.1) is 0 Å². The maximum Gasteiger partial charge on any atom is 0.305 e. The van der Waals surface area contributed by atoms with Gasteiger partial charge in [0.25, 0.3) is 0 Å². The maximum absolute atomic E-state index is 11.1. The van der Waals surface area contributed by atoms with E-state index in [0.29, 0.717) is 12.8 Å². The number of methoxy groups -OCH3 is 2. The second kappa shape index (κ2) is 41.1. The molecule has 51 heavy (non-hydrogen) atoms. The van der Waals surface area contributed by atoms with Gasteiger partial charge in [0.1, 0.15) is 0 Å². The fraction of sp³-hybridized carbons (Fsp3) is 0.864. The summed E-state index contributed by atoms with van der Waals surface area (Å²) in [6.07, 6.45) is 43.6. The summed E-state index contributed by atoms with van der Waals surface area (Å²) in [5.74, 6) is -0.171. The van der Waals surface area contributed by atoms with Gasteiger partial charge >= 0.3 is 11.9 Å². The Morgan fingerprint density at radius 2 is 0.824 bits per heavy atom. The van der Waals surface area contributed by atoms with Crippen LogP contribution < -0.4 is 0 Å². The molecule has 0 fully saturated rings. The van der Waals surface area contributed by atoms with Gasteiger partial charge in [-0.2, -0.15) is 0 Å². The molecule has 7 nitrogen and oxygen atoms in total. The molecule has 7 heteroatoms. The van der Waals surface area contributed by atoms with Crippen molar-refractivity contribution in [2.24, 2.45) is 0 Å². The number of carbonyl (C=O) groups is 2. The summed E-state index contributed by atoms with van der Waals surface area (Å²) in [4.78, 5) is 24.4. The molecule has 0 aliphatic rings. The van der Waals surface area contributed by atoms with Crippen molar-refractivity contribution in [3.05, 3.63) is 24.3 Å². The summed E-state index contributed by atoms with van der Waals surface area (Å²) >= 11 is 0. The Kier molecular flexibility index (Phi) is 39.7. The number of esters is 2. The maximum atomic E-state index is 11.1. The van der Waals surface area contributed by atoms with Gasteiger partial charge in [0, 0.05) is 39.2 Å². The average Bonchev–Trinajstić information content (AvgIpc) is 3.12. The molecule has 0 aromatic rings. The summed E-state index contributed by atoms with van der Waals surface area (Å²) < 4.78 is 21.6.